The average molecular weight is 575 g/mol. The predicted octanol–water partition coefficient (Wildman–Crippen LogP) is 5.46. The van der Waals surface area contributed by atoms with Gasteiger partial charge in [0, 0.05) is 6.54 Å². The molecule has 4 atom stereocenters. The van der Waals surface area contributed by atoms with Crippen LogP contribution in [0.5, 0.6) is 0 Å². The van der Waals surface area contributed by atoms with Crippen molar-refractivity contribution in [3.05, 3.63) is 36.5 Å². The van der Waals surface area contributed by atoms with E-state index in [4.69, 9.17) is 14.8 Å². The van der Waals surface area contributed by atoms with Crippen LogP contribution in [0.1, 0.15) is 104 Å². The number of phosphoric acid groups is 1. The number of hydrogen-bond donors (Lipinski definition) is 5. The molecule has 0 saturated heterocycles. The van der Waals surface area contributed by atoms with Gasteiger partial charge in [0.1, 0.15) is 0 Å². The number of nitrogens with one attached hydrogen (secondary N) is 1. The van der Waals surface area contributed by atoms with Crippen LogP contribution >= 0.6 is 7.82 Å². The number of aliphatic hydroxyl groups is 2. The number of aliphatic hydroxyl groups excluding tert-OH is 2. The third kappa shape index (κ3) is 24.2. The van der Waals surface area contributed by atoms with Crippen LogP contribution in [0.4, 0.5) is 0 Å². The fraction of sp³-hybridized carbons (Fsp3) is 0.759. The summed E-state index contributed by atoms with van der Waals surface area (Å²) in [4.78, 5) is 22.4. The van der Waals surface area contributed by atoms with E-state index >= 15 is 0 Å². The molecule has 0 heterocycles. The molecule has 6 N–H and O–H groups in total. The van der Waals surface area contributed by atoms with Crippen LogP contribution in [0.25, 0.3) is 0 Å². The van der Waals surface area contributed by atoms with Crippen molar-refractivity contribution in [1.29, 1.82) is 0 Å². The minimum Gasteiger partial charge on any atom is -0.393 e. The lowest BCUT2D eigenvalue weighted by molar-refractivity contribution is -0.124. The number of unbranched alkanes of at least 4 members (excludes halogenated alkanes) is 8. The van der Waals surface area contributed by atoms with Crippen LogP contribution in [0.2, 0.25) is 0 Å². The molecule has 0 rings (SSSR count). The van der Waals surface area contributed by atoms with Crippen molar-refractivity contribution in [2.75, 3.05) is 19.8 Å². The molecule has 9 nitrogen and oxygen atoms in total. The first kappa shape index (κ1) is 37.7. The van der Waals surface area contributed by atoms with Crippen LogP contribution in [0, 0.1) is 0 Å². The lowest BCUT2D eigenvalue weighted by Crippen LogP contribution is -2.46. The molecule has 0 bridgehead atoms. The Morgan fingerprint density at radius 2 is 1.46 bits per heavy atom. The summed E-state index contributed by atoms with van der Waals surface area (Å²) in [5.41, 5.74) is 5.30. The molecule has 0 aromatic rings. The summed E-state index contributed by atoms with van der Waals surface area (Å²) in [6, 6.07) is -0.999. The zero-order valence-electron chi connectivity index (χ0n) is 24.2. The van der Waals surface area contributed by atoms with Gasteiger partial charge in [-0.2, -0.15) is 0 Å². The second-order valence-electron chi connectivity index (χ2n) is 9.78. The predicted molar refractivity (Wildman–Crippen MR) is 158 cm³/mol. The highest BCUT2D eigenvalue weighted by atomic mass is 31.2. The highest BCUT2D eigenvalue weighted by Gasteiger charge is 2.27. The highest BCUT2D eigenvalue weighted by molar-refractivity contribution is 7.47. The number of carbonyl (C=O) groups is 1. The molecule has 0 spiro atoms. The quantitative estimate of drug-likeness (QED) is 0.0519. The minimum absolute atomic E-state index is 0.0412. The van der Waals surface area contributed by atoms with Crippen molar-refractivity contribution in [2.45, 2.75) is 122 Å². The molecule has 39 heavy (non-hydrogen) atoms. The third-order valence-electron chi connectivity index (χ3n) is 5.99. The Labute approximate surface area is 236 Å². The molecular weight excluding hydrogens is 519 g/mol. The SMILES string of the molecule is CCCC/C=C\CCCCC(O)CC(=O)NC(COP(=O)(O)OCCN)C(O)/C=C/CC/C=C/CCCCC. The Balaban J connectivity index is 4.73. The molecule has 0 saturated carbocycles. The van der Waals surface area contributed by atoms with E-state index in [-0.39, 0.29) is 19.6 Å². The Kier molecular flexibility index (Phi) is 24.8. The summed E-state index contributed by atoms with van der Waals surface area (Å²) in [6.45, 7) is 3.76. The van der Waals surface area contributed by atoms with E-state index in [1.165, 1.54) is 38.2 Å². The Hall–Kier alpha value is -1.32. The number of amides is 1. The van der Waals surface area contributed by atoms with E-state index in [2.05, 4.69) is 43.5 Å². The normalized spacial score (nSPS) is 16.2. The molecule has 0 aromatic heterocycles. The van der Waals surface area contributed by atoms with Crippen LogP contribution in [-0.4, -0.2) is 59.0 Å². The number of nitrogens with two attached hydrogens (primary N) is 1. The number of allylic oxidation sites excluding steroid dienone is 5. The van der Waals surface area contributed by atoms with Crippen LogP contribution in [0.15, 0.2) is 36.5 Å². The maximum atomic E-state index is 12.6. The Bertz CT molecular complexity index is 730. The monoisotopic (exact) mass is 574 g/mol. The zero-order chi connectivity index (χ0) is 29.2. The second-order valence-corrected chi connectivity index (χ2v) is 11.2. The fourth-order valence-electron chi connectivity index (χ4n) is 3.70. The van der Waals surface area contributed by atoms with Gasteiger partial charge in [0.15, 0.2) is 0 Å². The topological polar surface area (TPSA) is 151 Å². The van der Waals surface area contributed by atoms with Gasteiger partial charge in [-0.25, -0.2) is 4.57 Å². The van der Waals surface area contributed by atoms with Gasteiger partial charge in [-0.05, 0) is 51.4 Å². The first-order valence-corrected chi connectivity index (χ1v) is 16.2. The minimum atomic E-state index is -4.39. The first-order valence-electron chi connectivity index (χ1n) is 14.7. The van der Waals surface area contributed by atoms with Crippen molar-refractivity contribution in [3.63, 3.8) is 0 Å². The van der Waals surface area contributed by atoms with Gasteiger partial charge in [-0.1, -0.05) is 82.4 Å². The lowest BCUT2D eigenvalue weighted by Gasteiger charge is -2.24. The number of carbonyl (C=O) groups excluding carboxylic acids is 1. The molecule has 10 heteroatoms. The molecule has 0 aliphatic carbocycles. The molecule has 4 unspecified atom stereocenters. The molecule has 228 valence electrons. The summed E-state index contributed by atoms with van der Waals surface area (Å²) in [7, 11) is -4.39. The molecule has 0 aliphatic heterocycles. The first-order chi connectivity index (χ1) is 18.8. The summed E-state index contributed by atoms with van der Waals surface area (Å²) in [6.07, 6.45) is 22.6. The van der Waals surface area contributed by atoms with Crippen LogP contribution in [0.3, 0.4) is 0 Å². The third-order valence-corrected chi connectivity index (χ3v) is 6.98. The summed E-state index contributed by atoms with van der Waals surface area (Å²) in [5.74, 6) is -0.478. The number of hydrogen-bond acceptors (Lipinski definition) is 7. The average Bonchev–Trinajstić information content (AvgIpc) is 2.90. The molecule has 0 aromatic carbocycles. The van der Waals surface area contributed by atoms with E-state index in [9.17, 15) is 24.5 Å². The van der Waals surface area contributed by atoms with Gasteiger partial charge in [-0.3, -0.25) is 13.8 Å². The highest BCUT2D eigenvalue weighted by Crippen LogP contribution is 2.43. The fourth-order valence-corrected chi connectivity index (χ4v) is 4.46. The number of phosphoric ester groups is 1. The molecule has 0 aliphatic rings. The summed E-state index contributed by atoms with van der Waals surface area (Å²) >= 11 is 0. The maximum absolute atomic E-state index is 12.6. The standard InChI is InChI=1S/C29H55N2O7P/c1-3-5-7-9-11-13-15-17-19-21-28(33)27(25-38-39(35,36)37-23-22-30)31-29(34)24-26(32)20-18-16-14-12-10-8-6-4-2/h10-13,19,21,26-28,32-33H,3-9,14-18,20,22-25,30H2,1-2H3,(H,31,34)(H,35,36)/b12-10-,13-11+,21-19+. The second kappa shape index (κ2) is 25.6. The van der Waals surface area contributed by atoms with E-state index in [0.717, 1.165) is 38.5 Å². The summed E-state index contributed by atoms with van der Waals surface area (Å²) in [5, 5.41) is 23.5. The Morgan fingerprint density at radius 3 is 2.10 bits per heavy atom. The lowest BCUT2D eigenvalue weighted by atomic mass is 10.1. The van der Waals surface area contributed by atoms with Gasteiger partial charge in [-0.15, -0.1) is 0 Å². The molecule has 1 amide bonds. The van der Waals surface area contributed by atoms with Crippen LogP contribution in [-0.2, 0) is 18.4 Å². The summed E-state index contributed by atoms with van der Waals surface area (Å²) < 4.78 is 21.7. The molecular formula is C29H55N2O7P. The van der Waals surface area contributed by atoms with Gasteiger partial charge in [0.05, 0.1) is 37.9 Å². The van der Waals surface area contributed by atoms with Crippen molar-refractivity contribution < 1.29 is 33.5 Å². The van der Waals surface area contributed by atoms with E-state index < -0.39 is 38.6 Å². The van der Waals surface area contributed by atoms with Gasteiger partial charge in [0.2, 0.25) is 5.91 Å². The van der Waals surface area contributed by atoms with Gasteiger partial charge >= 0.3 is 7.82 Å². The van der Waals surface area contributed by atoms with E-state index in [1.54, 1.807) is 6.08 Å². The smallest absolute Gasteiger partial charge is 0.393 e. The largest absolute Gasteiger partial charge is 0.472 e. The van der Waals surface area contributed by atoms with Gasteiger partial charge < -0.3 is 26.2 Å². The van der Waals surface area contributed by atoms with Gasteiger partial charge in [0.25, 0.3) is 0 Å². The molecule has 0 fully saturated rings. The van der Waals surface area contributed by atoms with Crippen LogP contribution < -0.4 is 11.1 Å². The number of rotatable bonds is 26. The van der Waals surface area contributed by atoms with Crippen molar-refractivity contribution in [1.82, 2.24) is 5.32 Å². The molecule has 0 radical (unpaired) electrons. The van der Waals surface area contributed by atoms with E-state index in [0.29, 0.717) is 12.8 Å². The van der Waals surface area contributed by atoms with Crippen molar-refractivity contribution in [2.24, 2.45) is 5.73 Å². The van der Waals surface area contributed by atoms with Crippen molar-refractivity contribution in [3.8, 4) is 0 Å². The van der Waals surface area contributed by atoms with Crippen molar-refractivity contribution >= 4 is 13.7 Å². The Morgan fingerprint density at radius 1 is 0.872 bits per heavy atom. The zero-order valence-corrected chi connectivity index (χ0v) is 25.1. The maximum Gasteiger partial charge on any atom is 0.472 e. The van der Waals surface area contributed by atoms with E-state index in [1.807, 2.05) is 0 Å².